The summed E-state index contributed by atoms with van der Waals surface area (Å²) in [5, 5.41) is 11.7. The lowest BCUT2D eigenvalue weighted by Crippen LogP contribution is -2.56. The Hall–Kier alpha value is -1.95. The predicted octanol–water partition coefficient (Wildman–Crippen LogP) is 1.56. The number of nitrogens with one attached hydrogen (secondary N) is 1. The number of thioether (sulfide) groups is 2. The third kappa shape index (κ3) is 8.29. The number of aliphatic imine (C=N–C) groups is 1. The second-order valence-electron chi connectivity index (χ2n) is 9.93. The third-order valence-electron chi connectivity index (χ3n) is 7.22. The largest absolute Gasteiger partial charge is 0.481 e. The second kappa shape index (κ2) is 14.1. The molecule has 0 radical (unpaired) electrons. The molecule has 2 unspecified atom stereocenters. The van der Waals surface area contributed by atoms with E-state index in [-0.39, 0.29) is 46.4 Å². The number of hydrogen-bond acceptors (Lipinski definition) is 7. The van der Waals surface area contributed by atoms with Crippen LogP contribution in [-0.2, 0) is 19.2 Å². The molecule has 2 aliphatic heterocycles. The number of amides is 2. The molecule has 2 amide bonds. The Morgan fingerprint density at radius 2 is 1.89 bits per heavy atom. The minimum atomic E-state index is -0.999. The van der Waals surface area contributed by atoms with Crippen molar-refractivity contribution in [3.05, 3.63) is 0 Å². The maximum absolute atomic E-state index is 13.5. The molecule has 3 aliphatic rings. The van der Waals surface area contributed by atoms with Gasteiger partial charge in [-0.05, 0) is 38.0 Å². The van der Waals surface area contributed by atoms with Crippen molar-refractivity contribution in [2.45, 2.75) is 81.7 Å². The van der Waals surface area contributed by atoms with Crippen LogP contribution < -0.4 is 16.8 Å². The summed E-state index contributed by atoms with van der Waals surface area (Å²) in [4.78, 5) is 56.1. The number of fused-ring (bicyclic) bond motifs is 1. The maximum Gasteiger partial charge on any atom is 0.313 e. The van der Waals surface area contributed by atoms with Gasteiger partial charge in [-0.2, -0.15) is 0 Å². The van der Waals surface area contributed by atoms with Crippen molar-refractivity contribution in [3.63, 3.8) is 0 Å². The van der Waals surface area contributed by atoms with Gasteiger partial charge in [-0.1, -0.05) is 32.1 Å². The summed E-state index contributed by atoms with van der Waals surface area (Å²) in [5.41, 5.74) is 10.7. The third-order valence-corrected chi connectivity index (χ3v) is 9.52. The van der Waals surface area contributed by atoms with E-state index in [1.165, 1.54) is 32.1 Å². The lowest BCUT2D eigenvalue weighted by atomic mass is 9.80. The molecule has 0 bridgehead atoms. The molecule has 6 N–H and O–H groups in total. The van der Waals surface area contributed by atoms with Crippen molar-refractivity contribution in [1.82, 2.24) is 10.2 Å². The van der Waals surface area contributed by atoms with Crippen LogP contribution in [0.4, 0.5) is 0 Å². The highest BCUT2D eigenvalue weighted by atomic mass is 32.2. The minimum absolute atomic E-state index is 0.0120. The molecule has 4 atom stereocenters. The number of Topliss-reactive ketones (excluding diaryl/α,β-unsaturated/α-hetero) is 1. The first-order valence-electron chi connectivity index (χ1n) is 12.9. The molecule has 0 spiro atoms. The summed E-state index contributed by atoms with van der Waals surface area (Å²) < 4.78 is 0. The van der Waals surface area contributed by atoms with E-state index in [1.54, 1.807) is 16.7 Å². The Morgan fingerprint density at radius 1 is 1.14 bits per heavy atom. The van der Waals surface area contributed by atoms with E-state index >= 15 is 0 Å². The van der Waals surface area contributed by atoms with Crippen molar-refractivity contribution in [2.24, 2.45) is 28.3 Å². The molecule has 10 nitrogen and oxygen atoms in total. The van der Waals surface area contributed by atoms with Gasteiger partial charge in [0.2, 0.25) is 11.8 Å². The SMILES string of the molecule is NC(N)=NCCC[C@H](NC(=O)[C@@H]1CSC2CCC(CC3CCCCC3)C(=O)N21)C(=O)CSCC(=O)O. The quantitative estimate of drug-likeness (QED) is 0.154. The highest BCUT2D eigenvalue weighted by molar-refractivity contribution is 8.00. The van der Waals surface area contributed by atoms with Crippen molar-refractivity contribution in [2.75, 3.05) is 23.8 Å². The molecule has 2 saturated heterocycles. The van der Waals surface area contributed by atoms with Crippen LogP contribution in [-0.4, -0.2) is 80.8 Å². The molecule has 0 aromatic heterocycles. The van der Waals surface area contributed by atoms with Gasteiger partial charge in [-0.3, -0.25) is 24.2 Å². The molecular weight excluding hydrogens is 502 g/mol. The zero-order valence-electron chi connectivity index (χ0n) is 20.7. The summed E-state index contributed by atoms with van der Waals surface area (Å²) in [6.07, 6.45) is 9.63. The average Bonchev–Trinajstić information content (AvgIpc) is 3.28. The fourth-order valence-corrected chi connectivity index (χ4v) is 7.54. The molecule has 2 heterocycles. The molecular formula is C24H39N5O5S2. The summed E-state index contributed by atoms with van der Waals surface area (Å²) in [7, 11) is 0. The van der Waals surface area contributed by atoms with Crippen molar-refractivity contribution >= 4 is 53.1 Å². The van der Waals surface area contributed by atoms with Crippen LogP contribution in [0.3, 0.4) is 0 Å². The number of rotatable bonds is 13. The number of hydrogen-bond donors (Lipinski definition) is 4. The van der Waals surface area contributed by atoms with Gasteiger partial charge in [-0.15, -0.1) is 23.5 Å². The van der Waals surface area contributed by atoms with E-state index < -0.39 is 18.1 Å². The molecule has 0 aromatic carbocycles. The van der Waals surface area contributed by atoms with Gasteiger partial charge in [0.1, 0.15) is 6.04 Å². The molecule has 3 fully saturated rings. The van der Waals surface area contributed by atoms with Gasteiger partial charge in [0.05, 0.1) is 22.9 Å². The first-order valence-corrected chi connectivity index (χ1v) is 15.1. The fraction of sp³-hybridized carbons (Fsp3) is 0.792. The van der Waals surface area contributed by atoms with E-state index in [4.69, 9.17) is 16.6 Å². The number of nitrogens with zero attached hydrogens (tertiary/aromatic N) is 2. The highest BCUT2D eigenvalue weighted by Crippen LogP contribution is 2.41. The number of aliphatic carboxylic acids is 1. The van der Waals surface area contributed by atoms with Gasteiger partial charge in [0.15, 0.2) is 11.7 Å². The average molecular weight is 542 g/mol. The molecule has 1 aliphatic carbocycles. The molecule has 0 aromatic rings. The lowest BCUT2D eigenvalue weighted by molar-refractivity contribution is -0.147. The van der Waals surface area contributed by atoms with Gasteiger partial charge in [-0.25, -0.2) is 0 Å². The Balaban J connectivity index is 1.61. The first-order chi connectivity index (χ1) is 17.3. The lowest BCUT2D eigenvalue weighted by Gasteiger charge is -2.38. The summed E-state index contributed by atoms with van der Waals surface area (Å²) in [5.74, 6) is -0.650. The Kier molecular flexibility index (Phi) is 11.2. The van der Waals surface area contributed by atoms with E-state index in [0.717, 1.165) is 31.0 Å². The minimum Gasteiger partial charge on any atom is -0.481 e. The smallest absolute Gasteiger partial charge is 0.313 e. The van der Waals surface area contributed by atoms with E-state index in [2.05, 4.69) is 10.3 Å². The van der Waals surface area contributed by atoms with Gasteiger partial charge < -0.3 is 26.8 Å². The van der Waals surface area contributed by atoms with Crippen LogP contribution >= 0.6 is 23.5 Å². The Labute approximate surface area is 221 Å². The summed E-state index contributed by atoms with van der Waals surface area (Å²) in [6.45, 7) is 0.319. The summed E-state index contributed by atoms with van der Waals surface area (Å²) >= 11 is 2.64. The maximum atomic E-state index is 13.5. The number of carboxylic acid groups (broad SMARTS) is 1. The Bertz CT molecular complexity index is 832. The van der Waals surface area contributed by atoms with Crippen LogP contribution in [0.1, 0.15) is 64.2 Å². The normalized spacial score (nSPS) is 25.2. The number of ketones is 1. The number of guanidine groups is 1. The predicted molar refractivity (Wildman–Crippen MR) is 143 cm³/mol. The summed E-state index contributed by atoms with van der Waals surface area (Å²) in [6, 6.07) is -1.38. The molecule has 202 valence electrons. The Morgan fingerprint density at radius 3 is 2.58 bits per heavy atom. The topological polar surface area (TPSA) is 168 Å². The highest BCUT2D eigenvalue weighted by Gasteiger charge is 2.47. The number of nitrogens with two attached hydrogens (primary N) is 2. The van der Waals surface area contributed by atoms with Gasteiger partial charge in [0, 0.05) is 18.2 Å². The van der Waals surface area contributed by atoms with E-state index in [1.807, 2.05) is 0 Å². The molecule has 3 rings (SSSR count). The first kappa shape index (κ1) is 28.6. The van der Waals surface area contributed by atoms with Crippen LogP contribution in [0.25, 0.3) is 0 Å². The zero-order chi connectivity index (χ0) is 26.1. The number of carbonyl (C=O) groups excluding carboxylic acids is 3. The van der Waals surface area contributed by atoms with E-state index in [0.29, 0.717) is 31.1 Å². The van der Waals surface area contributed by atoms with E-state index in [9.17, 15) is 19.2 Å². The fourth-order valence-electron chi connectivity index (χ4n) is 5.43. The van der Waals surface area contributed by atoms with Gasteiger partial charge in [0.25, 0.3) is 0 Å². The van der Waals surface area contributed by atoms with Crippen LogP contribution in [0.5, 0.6) is 0 Å². The second-order valence-corrected chi connectivity index (χ2v) is 12.1. The monoisotopic (exact) mass is 541 g/mol. The number of carbonyl (C=O) groups is 4. The van der Waals surface area contributed by atoms with Crippen LogP contribution in [0.15, 0.2) is 4.99 Å². The van der Waals surface area contributed by atoms with Crippen LogP contribution in [0, 0.1) is 11.8 Å². The number of carboxylic acids is 1. The van der Waals surface area contributed by atoms with Gasteiger partial charge >= 0.3 is 5.97 Å². The molecule has 36 heavy (non-hydrogen) atoms. The molecule has 1 saturated carbocycles. The van der Waals surface area contributed by atoms with Crippen molar-refractivity contribution in [3.8, 4) is 0 Å². The van der Waals surface area contributed by atoms with Crippen molar-refractivity contribution < 1.29 is 24.3 Å². The zero-order valence-corrected chi connectivity index (χ0v) is 22.4. The van der Waals surface area contributed by atoms with Crippen molar-refractivity contribution in [1.29, 1.82) is 0 Å². The standard InChI is InChI=1S/C24H39N5O5S2/c25-24(26)27-10-4-7-17(19(30)13-35-14-21(31)32)28-22(33)18-12-36-20-9-8-16(23(34)29(18)20)11-15-5-2-1-3-6-15/h15-18,20H,1-14H2,(H,28,33)(H,31,32)(H4,25,26,27)/t16?,17-,18-,20?/m0/s1. The molecule has 12 heteroatoms. The van der Waals surface area contributed by atoms with Crippen LogP contribution in [0.2, 0.25) is 0 Å². The number of piperidine rings is 1.